The molecule has 1 aliphatic heterocycles. The number of hydrogen-bond donors (Lipinski definition) is 1. The normalized spacial score (nSPS) is 17.3. The molecule has 1 aliphatic rings. The van der Waals surface area contributed by atoms with Gasteiger partial charge in [0.25, 0.3) is 5.91 Å². The maximum absolute atomic E-state index is 14.4. The van der Waals surface area contributed by atoms with Gasteiger partial charge in [0.05, 0.1) is 11.6 Å². The van der Waals surface area contributed by atoms with Gasteiger partial charge in [-0.05, 0) is 23.8 Å². The number of carbonyl (C=O) groups excluding carboxylic acids is 2. The number of nitrogens with zero attached hydrogens (tertiary/aromatic N) is 2. The van der Waals surface area contributed by atoms with Crippen molar-refractivity contribution in [2.75, 3.05) is 0 Å². The summed E-state index contributed by atoms with van der Waals surface area (Å²) in [5.74, 6) is -2.19. The summed E-state index contributed by atoms with van der Waals surface area (Å²) in [5, 5.41) is 10.3. The minimum atomic E-state index is -0.950. The number of halogens is 1. The predicted octanol–water partition coefficient (Wildman–Crippen LogP) is 3.10. The van der Waals surface area contributed by atoms with E-state index in [1.165, 1.54) is 23.1 Å². The SMILES string of the molecule is CCC(=O)C1=C(O)C(=O)N(Cc2ccncc2)C1c1ccccc1F. The van der Waals surface area contributed by atoms with Gasteiger partial charge in [-0.3, -0.25) is 14.6 Å². The second-order valence-corrected chi connectivity index (χ2v) is 5.75. The highest BCUT2D eigenvalue weighted by atomic mass is 19.1. The van der Waals surface area contributed by atoms with Crippen LogP contribution in [0.5, 0.6) is 0 Å². The minimum Gasteiger partial charge on any atom is -0.503 e. The van der Waals surface area contributed by atoms with Crippen LogP contribution in [-0.4, -0.2) is 26.7 Å². The zero-order valence-corrected chi connectivity index (χ0v) is 13.6. The number of amides is 1. The number of benzene rings is 1. The molecule has 1 N–H and O–H groups in total. The summed E-state index contributed by atoms with van der Waals surface area (Å²) in [6, 6.07) is 8.46. The number of ketones is 1. The molecule has 128 valence electrons. The van der Waals surface area contributed by atoms with Gasteiger partial charge in [-0.2, -0.15) is 0 Å². The number of aromatic nitrogens is 1. The van der Waals surface area contributed by atoms with Crippen molar-refractivity contribution in [3.63, 3.8) is 0 Å². The van der Waals surface area contributed by atoms with Gasteiger partial charge in [-0.25, -0.2) is 4.39 Å². The van der Waals surface area contributed by atoms with Crippen LogP contribution in [0.2, 0.25) is 0 Å². The second kappa shape index (κ2) is 6.84. The monoisotopic (exact) mass is 340 g/mol. The Balaban J connectivity index is 2.09. The van der Waals surface area contributed by atoms with Crippen LogP contribution in [0.15, 0.2) is 60.1 Å². The Bertz CT molecular complexity index is 849. The number of pyridine rings is 1. The number of Topliss-reactive ketones (excluding diaryl/α,β-unsaturated/α-hetero) is 1. The first-order valence-electron chi connectivity index (χ1n) is 7.95. The van der Waals surface area contributed by atoms with Crippen molar-refractivity contribution < 1.29 is 19.1 Å². The van der Waals surface area contributed by atoms with Gasteiger partial charge in [0.1, 0.15) is 5.82 Å². The molecule has 25 heavy (non-hydrogen) atoms. The highest BCUT2D eigenvalue weighted by Gasteiger charge is 2.43. The number of hydrogen-bond acceptors (Lipinski definition) is 4. The lowest BCUT2D eigenvalue weighted by Gasteiger charge is -2.27. The maximum atomic E-state index is 14.4. The largest absolute Gasteiger partial charge is 0.503 e. The van der Waals surface area contributed by atoms with E-state index < -0.39 is 23.5 Å². The van der Waals surface area contributed by atoms with E-state index in [0.717, 1.165) is 5.56 Å². The second-order valence-electron chi connectivity index (χ2n) is 5.75. The van der Waals surface area contributed by atoms with E-state index >= 15 is 0 Å². The van der Waals surface area contributed by atoms with E-state index in [1.54, 1.807) is 37.5 Å². The number of aliphatic hydroxyl groups excluding tert-OH is 1. The zero-order valence-electron chi connectivity index (χ0n) is 13.6. The number of carbonyl (C=O) groups is 2. The molecule has 2 heterocycles. The molecular weight excluding hydrogens is 323 g/mol. The van der Waals surface area contributed by atoms with Crippen molar-refractivity contribution in [1.29, 1.82) is 0 Å². The lowest BCUT2D eigenvalue weighted by molar-refractivity contribution is -0.130. The highest BCUT2D eigenvalue weighted by molar-refractivity contribution is 6.08. The van der Waals surface area contributed by atoms with Crippen LogP contribution in [0.4, 0.5) is 4.39 Å². The Morgan fingerprint density at radius 3 is 2.56 bits per heavy atom. The Morgan fingerprint density at radius 1 is 1.24 bits per heavy atom. The van der Waals surface area contributed by atoms with Crippen LogP contribution in [-0.2, 0) is 16.1 Å². The average molecular weight is 340 g/mol. The van der Waals surface area contributed by atoms with E-state index in [4.69, 9.17) is 0 Å². The van der Waals surface area contributed by atoms with Gasteiger partial charge >= 0.3 is 0 Å². The molecule has 2 aromatic rings. The van der Waals surface area contributed by atoms with E-state index in [1.807, 2.05) is 0 Å². The molecule has 5 nitrogen and oxygen atoms in total. The molecule has 0 radical (unpaired) electrons. The van der Waals surface area contributed by atoms with Crippen LogP contribution in [0.3, 0.4) is 0 Å². The molecule has 0 fully saturated rings. The van der Waals surface area contributed by atoms with Gasteiger partial charge in [0, 0.05) is 30.9 Å². The van der Waals surface area contributed by atoms with Crippen LogP contribution in [0, 0.1) is 5.82 Å². The van der Waals surface area contributed by atoms with Crippen LogP contribution < -0.4 is 0 Å². The molecule has 0 spiro atoms. The topological polar surface area (TPSA) is 70.5 Å². The predicted molar refractivity (Wildman–Crippen MR) is 88.9 cm³/mol. The highest BCUT2D eigenvalue weighted by Crippen LogP contribution is 2.39. The van der Waals surface area contributed by atoms with E-state index in [9.17, 15) is 19.1 Å². The van der Waals surface area contributed by atoms with Gasteiger partial charge in [0.2, 0.25) is 0 Å². The van der Waals surface area contributed by atoms with Crippen molar-refractivity contribution in [3.05, 3.63) is 77.1 Å². The van der Waals surface area contributed by atoms with Crippen molar-refractivity contribution in [2.24, 2.45) is 0 Å². The summed E-state index contributed by atoms with van der Waals surface area (Å²) < 4.78 is 14.4. The van der Waals surface area contributed by atoms with Crippen molar-refractivity contribution in [2.45, 2.75) is 25.9 Å². The van der Waals surface area contributed by atoms with Crippen molar-refractivity contribution in [1.82, 2.24) is 9.88 Å². The Morgan fingerprint density at radius 2 is 1.92 bits per heavy atom. The lowest BCUT2D eigenvalue weighted by Crippen LogP contribution is -2.31. The summed E-state index contributed by atoms with van der Waals surface area (Å²) >= 11 is 0. The minimum absolute atomic E-state index is 0.0494. The fourth-order valence-electron chi connectivity index (χ4n) is 3.00. The first-order valence-corrected chi connectivity index (χ1v) is 7.95. The van der Waals surface area contributed by atoms with E-state index in [0.29, 0.717) is 0 Å². The summed E-state index contributed by atoms with van der Waals surface area (Å²) in [6.07, 6.45) is 3.28. The molecule has 1 aromatic heterocycles. The van der Waals surface area contributed by atoms with E-state index in [2.05, 4.69) is 4.98 Å². The molecule has 1 aromatic carbocycles. The fourth-order valence-corrected chi connectivity index (χ4v) is 3.00. The van der Waals surface area contributed by atoms with Crippen LogP contribution in [0.1, 0.15) is 30.5 Å². The van der Waals surface area contributed by atoms with Crippen LogP contribution in [0.25, 0.3) is 0 Å². The third kappa shape index (κ3) is 3.03. The molecule has 1 unspecified atom stereocenters. The van der Waals surface area contributed by atoms with Crippen molar-refractivity contribution in [3.8, 4) is 0 Å². The van der Waals surface area contributed by atoms with Crippen LogP contribution >= 0.6 is 0 Å². The molecule has 0 saturated carbocycles. The first-order chi connectivity index (χ1) is 12.0. The molecule has 0 bridgehead atoms. The average Bonchev–Trinajstić information content (AvgIpc) is 2.87. The molecule has 6 heteroatoms. The molecule has 1 amide bonds. The molecular formula is C19H17FN2O3. The quantitative estimate of drug-likeness (QED) is 0.908. The third-order valence-corrected chi connectivity index (χ3v) is 4.23. The fraction of sp³-hybridized carbons (Fsp3) is 0.211. The Labute approximate surface area is 144 Å². The standard InChI is InChI=1S/C19H17FN2O3/c1-2-15(23)16-17(13-5-3-4-6-14(13)20)22(19(25)18(16)24)11-12-7-9-21-10-8-12/h3-10,17,24H,2,11H2,1H3. The summed E-state index contributed by atoms with van der Waals surface area (Å²) in [7, 11) is 0. The smallest absolute Gasteiger partial charge is 0.290 e. The number of rotatable bonds is 5. The Kier molecular flexibility index (Phi) is 4.61. The summed E-state index contributed by atoms with van der Waals surface area (Å²) in [6.45, 7) is 1.77. The van der Waals surface area contributed by atoms with Crippen molar-refractivity contribution >= 4 is 11.7 Å². The molecule has 1 atom stereocenters. The van der Waals surface area contributed by atoms with Gasteiger partial charge in [0.15, 0.2) is 11.5 Å². The van der Waals surface area contributed by atoms with Gasteiger partial charge in [-0.15, -0.1) is 0 Å². The summed E-state index contributed by atoms with van der Waals surface area (Å²) in [5.41, 5.74) is 0.903. The molecule has 0 aliphatic carbocycles. The zero-order chi connectivity index (χ0) is 18.0. The lowest BCUT2D eigenvalue weighted by atomic mass is 9.94. The Hall–Kier alpha value is -3.02. The van der Waals surface area contributed by atoms with Gasteiger partial charge in [-0.1, -0.05) is 25.1 Å². The summed E-state index contributed by atoms with van der Waals surface area (Å²) in [4.78, 5) is 30.1. The first kappa shape index (κ1) is 16.8. The number of aliphatic hydroxyl groups is 1. The molecule has 0 saturated heterocycles. The maximum Gasteiger partial charge on any atom is 0.290 e. The molecule has 3 rings (SSSR count). The van der Waals surface area contributed by atoms with Gasteiger partial charge < -0.3 is 10.0 Å². The van der Waals surface area contributed by atoms with E-state index in [-0.39, 0.29) is 29.9 Å². The third-order valence-electron chi connectivity index (χ3n) is 4.23.